The van der Waals surface area contributed by atoms with Crippen molar-refractivity contribution in [3.63, 3.8) is 0 Å². The van der Waals surface area contributed by atoms with Crippen LogP contribution < -0.4 is 5.32 Å². The van der Waals surface area contributed by atoms with Crippen LogP contribution in [0.2, 0.25) is 5.02 Å². The summed E-state index contributed by atoms with van der Waals surface area (Å²) in [6.07, 6.45) is 3.79. The van der Waals surface area contributed by atoms with E-state index < -0.39 is 0 Å². The Morgan fingerprint density at radius 1 is 1.44 bits per heavy atom. The van der Waals surface area contributed by atoms with Gasteiger partial charge in [-0.25, -0.2) is 0 Å². The van der Waals surface area contributed by atoms with Crippen LogP contribution in [0.15, 0.2) is 22.7 Å². The van der Waals surface area contributed by atoms with Gasteiger partial charge < -0.3 is 10.1 Å². The number of nitrogens with one attached hydrogen (secondary N) is 1. The first-order chi connectivity index (χ1) is 8.65. The van der Waals surface area contributed by atoms with E-state index in [4.69, 9.17) is 16.3 Å². The Balaban J connectivity index is 1.80. The summed E-state index contributed by atoms with van der Waals surface area (Å²) in [6.45, 7) is 2.74. The molecular formula is C14H19BrClNO. The fourth-order valence-electron chi connectivity index (χ4n) is 2.15. The molecule has 0 amide bonds. The molecule has 1 N–H and O–H groups in total. The van der Waals surface area contributed by atoms with Crippen molar-refractivity contribution in [2.75, 3.05) is 20.3 Å². The predicted octanol–water partition coefficient (Wildman–Crippen LogP) is 4.01. The lowest BCUT2D eigenvalue weighted by atomic mass is 10.0. The van der Waals surface area contributed by atoms with E-state index in [-0.39, 0.29) is 0 Å². The molecule has 0 unspecified atom stereocenters. The van der Waals surface area contributed by atoms with Crippen LogP contribution in [-0.2, 0) is 11.3 Å². The van der Waals surface area contributed by atoms with Gasteiger partial charge in [0.2, 0.25) is 0 Å². The SMILES string of the molecule is COCCC1(CNCc2cc(Br)ccc2Cl)CC1. The Morgan fingerprint density at radius 3 is 2.89 bits per heavy atom. The average molecular weight is 333 g/mol. The minimum Gasteiger partial charge on any atom is -0.385 e. The van der Waals surface area contributed by atoms with E-state index in [1.165, 1.54) is 12.8 Å². The molecule has 0 atom stereocenters. The summed E-state index contributed by atoms with van der Waals surface area (Å²) >= 11 is 9.64. The molecule has 1 saturated carbocycles. The molecule has 4 heteroatoms. The van der Waals surface area contributed by atoms with Gasteiger partial charge in [0, 0.05) is 36.3 Å². The van der Waals surface area contributed by atoms with Gasteiger partial charge in [-0.2, -0.15) is 0 Å². The van der Waals surface area contributed by atoms with Crippen LogP contribution in [0.25, 0.3) is 0 Å². The Labute approximate surface area is 122 Å². The zero-order chi connectivity index (χ0) is 13.0. The molecule has 0 saturated heterocycles. The number of hydrogen-bond donors (Lipinski definition) is 1. The van der Waals surface area contributed by atoms with Crippen molar-refractivity contribution in [3.05, 3.63) is 33.3 Å². The van der Waals surface area contributed by atoms with Gasteiger partial charge in [-0.15, -0.1) is 0 Å². The monoisotopic (exact) mass is 331 g/mol. The first kappa shape index (κ1) is 14.3. The minimum atomic E-state index is 0.481. The zero-order valence-electron chi connectivity index (χ0n) is 10.6. The Hall–Kier alpha value is -0.0900. The third-order valence-electron chi connectivity index (χ3n) is 3.62. The third kappa shape index (κ3) is 3.95. The molecule has 0 spiro atoms. The van der Waals surface area contributed by atoms with Gasteiger partial charge in [-0.05, 0) is 48.4 Å². The smallest absolute Gasteiger partial charge is 0.0468 e. The van der Waals surface area contributed by atoms with Crippen LogP contribution in [0.3, 0.4) is 0 Å². The second-order valence-corrected chi connectivity index (χ2v) is 6.40. The van der Waals surface area contributed by atoms with Gasteiger partial charge in [-0.1, -0.05) is 27.5 Å². The van der Waals surface area contributed by atoms with E-state index in [2.05, 4.69) is 27.3 Å². The topological polar surface area (TPSA) is 21.3 Å². The van der Waals surface area contributed by atoms with Crippen molar-refractivity contribution in [2.24, 2.45) is 5.41 Å². The van der Waals surface area contributed by atoms with E-state index in [9.17, 15) is 0 Å². The number of hydrogen-bond acceptors (Lipinski definition) is 2. The fraction of sp³-hybridized carbons (Fsp3) is 0.571. The Kier molecular flexibility index (Phi) is 5.07. The fourth-order valence-corrected chi connectivity index (χ4v) is 2.74. The summed E-state index contributed by atoms with van der Waals surface area (Å²) < 4.78 is 6.24. The van der Waals surface area contributed by atoms with E-state index in [0.29, 0.717) is 5.41 Å². The largest absolute Gasteiger partial charge is 0.385 e. The van der Waals surface area contributed by atoms with Crippen LogP contribution in [0.1, 0.15) is 24.8 Å². The normalized spacial score (nSPS) is 16.8. The number of rotatable bonds is 7. The molecule has 0 heterocycles. The zero-order valence-corrected chi connectivity index (χ0v) is 13.0. The molecule has 2 rings (SSSR count). The molecule has 0 bridgehead atoms. The molecule has 1 aromatic carbocycles. The summed E-state index contributed by atoms with van der Waals surface area (Å²) in [5.41, 5.74) is 1.63. The maximum atomic E-state index is 6.16. The van der Waals surface area contributed by atoms with Crippen LogP contribution >= 0.6 is 27.5 Å². The summed E-state index contributed by atoms with van der Waals surface area (Å²) in [4.78, 5) is 0. The Morgan fingerprint density at radius 2 is 2.22 bits per heavy atom. The van der Waals surface area contributed by atoms with Crippen molar-refractivity contribution in [1.29, 1.82) is 0 Å². The van der Waals surface area contributed by atoms with Crippen molar-refractivity contribution >= 4 is 27.5 Å². The molecule has 100 valence electrons. The first-order valence-electron chi connectivity index (χ1n) is 6.29. The highest BCUT2D eigenvalue weighted by molar-refractivity contribution is 9.10. The van der Waals surface area contributed by atoms with Crippen LogP contribution in [0.5, 0.6) is 0 Å². The molecule has 0 radical (unpaired) electrons. The molecular weight excluding hydrogens is 314 g/mol. The van der Waals surface area contributed by atoms with Crippen molar-refractivity contribution < 1.29 is 4.74 Å². The highest BCUT2D eigenvalue weighted by Gasteiger charge is 2.41. The number of benzene rings is 1. The molecule has 0 aromatic heterocycles. The summed E-state index contributed by atoms with van der Waals surface area (Å²) in [5, 5.41) is 4.35. The minimum absolute atomic E-state index is 0.481. The number of ether oxygens (including phenoxy) is 1. The highest BCUT2D eigenvalue weighted by atomic mass is 79.9. The summed E-state index contributed by atoms with van der Waals surface area (Å²) in [7, 11) is 1.77. The standard InChI is InChI=1S/C14H19BrClNO/c1-18-7-6-14(4-5-14)10-17-9-11-8-12(15)2-3-13(11)16/h2-3,8,17H,4-7,9-10H2,1H3. The van der Waals surface area contributed by atoms with E-state index in [1.807, 2.05) is 12.1 Å². The van der Waals surface area contributed by atoms with Crippen molar-refractivity contribution in [3.8, 4) is 0 Å². The van der Waals surface area contributed by atoms with Gasteiger partial charge in [0.15, 0.2) is 0 Å². The van der Waals surface area contributed by atoms with Gasteiger partial charge >= 0.3 is 0 Å². The van der Waals surface area contributed by atoms with Gasteiger partial charge in [0.1, 0.15) is 0 Å². The van der Waals surface area contributed by atoms with Crippen molar-refractivity contribution in [1.82, 2.24) is 5.32 Å². The molecule has 2 nitrogen and oxygen atoms in total. The molecule has 18 heavy (non-hydrogen) atoms. The lowest BCUT2D eigenvalue weighted by Gasteiger charge is -2.16. The highest BCUT2D eigenvalue weighted by Crippen LogP contribution is 2.48. The average Bonchev–Trinajstić information content (AvgIpc) is 3.12. The van der Waals surface area contributed by atoms with Crippen LogP contribution in [-0.4, -0.2) is 20.3 Å². The number of methoxy groups -OCH3 is 1. The second kappa shape index (κ2) is 6.38. The van der Waals surface area contributed by atoms with Gasteiger partial charge in [0.05, 0.1) is 0 Å². The van der Waals surface area contributed by atoms with Crippen LogP contribution in [0, 0.1) is 5.41 Å². The Bertz CT molecular complexity index is 407. The predicted molar refractivity (Wildman–Crippen MR) is 79.0 cm³/mol. The molecule has 1 aromatic rings. The van der Waals surface area contributed by atoms with Gasteiger partial charge in [0.25, 0.3) is 0 Å². The summed E-state index contributed by atoms with van der Waals surface area (Å²) in [5.74, 6) is 0. The first-order valence-corrected chi connectivity index (χ1v) is 7.46. The summed E-state index contributed by atoms with van der Waals surface area (Å²) in [6, 6.07) is 5.97. The van der Waals surface area contributed by atoms with E-state index in [0.717, 1.165) is 41.2 Å². The maximum absolute atomic E-state index is 6.16. The quantitative estimate of drug-likeness (QED) is 0.814. The lowest BCUT2D eigenvalue weighted by Crippen LogP contribution is -2.24. The van der Waals surface area contributed by atoms with E-state index in [1.54, 1.807) is 7.11 Å². The third-order valence-corrected chi connectivity index (χ3v) is 4.48. The number of halogens is 2. The lowest BCUT2D eigenvalue weighted by molar-refractivity contribution is 0.171. The molecule has 1 aliphatic rings. The molecule has 1 aliphatic carbocycles. The second-order valence-electron chi connectivity index (χ2n) is 5.08. The maximum Gasteiger partial charge on any atom is 0.0468 e. The van der Waals surface area contributed by atoms with Crippen molar-refractivity contribution in [2.45, 2.75) is 25.8 Å². The van der Waals surface area contributed by atoms with Gasteiger partial charge in [-0.3, -0.25) is 0 Å². The van der Waals surface area contributed by atoms with E-state index >= 15 is 0 Å². The molecule has 0 aliphatic heterocycles. The van der Waals surface area contributed by atoms with Crippen LogP contribution in [0.4, 0.5) is 0 Å². The molecule has 1 fully saturated rings.